The summed E-state index contributed by atoms with van der Waals surface area (Å²) in [4.78, 5) is 3.34. The van der Waals surface area contributed by atoms with Crippen molar-refractivity contribution < 1.29 is 0 Å². The molecule has 0 amide bonds. The molecule has 15 heavy (non-hydrogen) atoms. The van der Waals surface area contributed by atoms with Crippen LogP contribution in [0, 0.1) is 6.92 Å². The molecule has 2 aromatic rings. The zero-order chi connectivity index (χ0) is 11.4. The minimum Gasteiger partial charge on any atom is -0.361 e. The normalized spacial score (nSPS) is 10.3. The van der Waals surface area contributed by atoms with Crippen molar-refractivity contribution in [1.29, 1.82) is 0 Å². The molecule has 1 heteroatoms. The fraction of sp³-hybridized carbons (Fsp3) is 0.429. The highest BCUT2D eigenvalue weighted by molar-refractivity contribution is 5.86. The Morgan fingerprint density at radius 1 is 1.13 bits per heavy atom. The van der Waals surface area contributed by atoms with E-state index in [2.05, 4.69) is 50.2 Å². The number of nitrogens with one attached hydrogen (secondary N) is 1. The third-order valence-electron chi connectivity index (χ3n) is 2.58. The lowest BCUT2D eigenvalue weighted by Gasteiger charge is -2.02. The van der Waals surface area contributed by atoms with Crippen LogP contribution in [0.1, 0.15) is 44.7 Å². The van der Waals surface area contributed by atoms with Gasteiger partial charge in [0, 0.05) is 17.1 Å². The Labute approximate surface area is 92.5 Å². The molecule has 0 fully saturated rings. The number of fused-ring (bicyclic) bond motifs is 1. The maximum Gasteiger partial charge on any atom is 0.0486 e. The number of H-pyrrole nitrogens is 1. The Morgan fingerprint density at radius 3 is 2.40 bits per heavy atom. The van der Waals surface area contributed by atoms with Gasteiger partial charge in [-0.15, -0.1) is 0 Å². The zero-order valence-electron chi connectivity index (χ0n) is 10.4. The first-order valence-corrected chi connectivity index (χ1v) is 5.76. The van der Waals surface area contributed by atoms with Gasteiger partial charge in [-0.25, -0.2) is 0 Å². The van der Waals surface area contributed by atoms with Crippen molar-refractivity contribution in [2.45, 2.75) is 40.5 Å². The fourth-order valence-electron chi connectivity index (χ4n) is 1.81. The molecular formula is C14H21N. The molecule has 82 valence electrons. The second kappa shape index (κ2) is 5.01. The van der Waals surface area contributed by atoms with Crippen LogP contribution in [0.3, 0.4) is 0 Å². The maximum absolute atomic E-state index is 3.34. The highest BCUT2D eigenvalue weighted by Gasteiger charge is 2.07. The lowest BCUT2D eigenvalue weighted by atomic mass is 10.0. The molecule has 0 aliphatic rings. The Kier molecular flexibility index (Phi) is 3.96. The van der Waals surface area contributed by atoms with Gasteiger partial charge in [0.15, 0.2) is 0 Å². The van der Waals surface area contributed by atoms with Crippen molar-refractivity contribution >= 4 is 10.9 Å². The lowest BCUT2D eigenvalue weighted by molar-refractivity contribution is 0.875. The van der Waals surface area contributed by atoms with E-state index in [1.54, 1.807) is 0 Å². The summed E-state index contributed by atoms with van der Waals surface area (Å²) < 4.78 is 0. The number of aromatic nitrogens is 1. The molecule has 1 heterocycles. The largest absolute Gasteiger partial charge is 0.361 e. The number of aryl methyl sites for hydroxylation is 1. The molecular weight excluding hydrogens is 182 g/mol. The third-order valence-corrected chi connectivity index (χ3v) is 2.58. The van der Waals surface area contributed by atoms with Crippen LogP contribution < -0.4 is 0 Å². The summed E-state index contributed by atoms with van der Waals surface area (Å²) in [6.07, 6.45) is 2.13. The summed E-state index contributed by atoms with van der Waals surface area (Å²) in [5, 5.41) is 1.37. The van der Waals surface area contributed by atoms with Gasteiger partial charge in [-0.05, 0) is 24.0 Å². The zero-order valence-corrected chi connectivity index (χ0v) is 10.4. The van der Waals surface area contributed by atoms with Crippen molar-refractivity contribution in [3.05, 3.63) is 35.5 Å². The van der Waals surface area contributed by atoms with Crippen LogP contribution in [0.5, 0.6) is 0 Å². The quantitative estimate of drug-likeness (QED) is 0.695. The summed E-state index contributed by atoms with van der Waals surface area (Å²) in [6, 6.07) is 6.45. The van der Waals surface area contributed by atoms with Crippen molar-refractivity contribution in [2.75, 3.05) is 0 Å². The summed E-state index contributed by atoms with van der Waals surface area (Å²) in [7, 11) is 0. The molecule has 1 aromatic carbocycles. The molecule has 0 atom stereocenters. The lowest BCUT2D eigenvalue weighted by Crippen LogP contribution is -1.83. The molecule has 0 bridgehead atoms. The van der Waals surface area contributed by atoms with Gasteiger partial charge in [0.05, 0.1) is 0 Å². The molecule has 1 aromatic heterocycles. The Morgan fingerprint density at radius 2 is 1.80 bits per heavy atom. The Balaban J connectivity index is 0.000000531. The summed E-state index contributed by atoms with van der Waals surface area (Å²) in [5.41, 5.74) is 4.02. The Bertz CT molecular complexity index is 424. The minimum absolute atomic E-state index is 0.593. The fourth-order valence-corrected chi connectivity index (χ4v) is 1.81. The van der Waals surface area contributed by atoms with Gasteiger partial charge in [-0.2, -0.15) is 0 Å². The molecule has 0 unspecified atom stereocenters. The van der Waals surface area contributed by atoms with E-state index in [1.165, 1.54) is 22.0 Å². The second-order valence-electron chi connectivity index (χ2n) is 3.90. The van der Waals surface area contributed by atoms with E-state index < -0.39 is 0 Å². The van der Waals surface area contributed by atoms with Gasteiger partial charge < -0.3 is 4.98 Å². The van der Waals surface area contributed by atoms with Crippen molar-refractivity contribution in [3.63, 3.8) is 0 Å². The van der Waals surface area contributed by atoms with Gasteiger partial charge >= 0.3 is 0 Å². The van der Waals surface area contributed by atoms with E-state index in [0.29, 0.717) is 5.92 Å². The molecule has 1 N–H and O–H groups in total. The first-order chi connectivity index (χ1) is 7.20. The van der Waals surface area contributed by atoms with Crippen molar-refractivity contribution in [2.24, 2.45) is 0 Å². The highest BCUT2D eigenvalue weighted by Crippen LogP contribution is 2.26. The Hall–Kier alpha value is -1.24. The molecule has 0 aliphatic heterocycles. The molecule has 0 spiro atoms. The molecule has 0 saturated carbocycles. The van der Waals surface area contributed by atoms with Crippen LogP contribution in [-0.4, -0.2) is 4.98 Å². The van der Waals surface area contributed by atoms with E-state index in [4.69, 9.17) is 0 Å². The molecule has 0 aliphatic carbocycles. The number of benzene rings is 1. The van der Waals surface area contributed by atoms with Crippen LogP contribution >= 0.6 is 0 Å². The monoisotopic (exact) mass is 203 g/mol. The van der Waals surface area contributed by atoms with Crippen LogP contribution in [0.2, 0.25) is 0 Å². The number of hydrogen-bond donors (Lipinski definition) is 1. The van der Waals surface area contributed by atoms with Gasteiger partial charge in [-0.1, -0.05) is 45.9 Å². The highest BCUT2D eigenvalue weighted by atomic mass is 14.7. The van der Waals surface area contributed by atoms with Gasteiger partial charge in [0.2, 0.25) is 0 Å². The summed E-state index contributed by atoms with van der Waals surface area (Å²) in [6.45, 7) is 10.6. The first kappa shape index (κ1) is 11.8. The minimum atomic E-state index is 0.593. The maximum atomic E-state index is 3.34. The van der Waals surface area contributed by atoms with Crippen LogP contribution in [0.25, 0.3) is 10.9 Å². The standard InChI is InChI=1S/C12H15N.C2H6/c1-8(2)11-7-13-12-9(3)5-4-6-10(11)12;1-2/h4-8,13H,1-3H3;1-2H3. The van der Waals surface area contributed by atoms with E-state index in [9.17, 15) is 0 Å². The van der Waals surface area contributed by atoms with E-state index in [-0.39, 0.29) is 0 Å². The molecule has 1 nitrogen and oxygen atoms in total. The number of hydrogen-bond acceptors (Lipinski definition) is 0. The van der Waals surface area contributed by atoms with Crippen molar-refractivity contribution in [1.82, 2.24) is 4.98 Å². The molecule has 0 saturated heterocycles. The van der Waals surface area contributed by atoms with Crippen LogP contribution in [0.15, 0.2) is 24.4 Å². The molecule has 2 rings (SSSR count). The number of aromatic amines is 1. The van der Waals surface area contributed by atoms with E-state index >= 15 is 0 Å². The van der Waals surface area contributed by atoms with E-state index in [0.717, 1.165) is 0 Å². The number of para-hydroxylation sites is 1. The average molecular weight is 203 g/mol. The van der Waals surface area contributed by atoms with Crippen LogP contribution in [0.4, 0.5) is 0 Å². The third kappa shape index (κ3) is 2.23. The van der Waals surface area contributed by atoms with Crippen LogP contribution in [-0.2, 0) is 0 Å². The summed E-state index contributed by atoms with van der Waals surface area (Å²) >= 11 is 0. The predicted molar refractivity (Wildman–Crippen MR) is 68.5 cm³/mol. The van der Waals surface area contributed by atoms with Gasteiger partial charge in [0.25, 0.3) is 0 Å². The summed E-state index contributed by atoms with van der Waals surface area (Å²) in [5.74, 6) is 0.593. The predicted octanol–water partition coefficient (Wildman–Crippen LogP) is 4.63. The topological polar surface area (TPSA) is 15.8 Å². The second-order valence-corrected chi connectivity index (χ2v) is 3.90. The van der Waals surface area contributed by atoms with Crippen molar-refractivity contribution in [3.8, 4) is 0 Å². The van der Waals surface area contributed by atoms with E-state index in [1.807, 2.05) is 13.8 Å². The van der Waals surface area contributed by atoms with Gasteiger partial charge in [0.1, 0.15) is 0 Å². The van der Waals surface area contributed by atoms with Gasteiger partial charge in [-0.3, -0.25) is 0 Å². The first-order valence-electron chi connectivity index (χ1n) is 5.76. The SMILES string of the molecule is CC.Cc1cccc2c(C(C)C)c[nH]c12. The number of rotatable bonds is 1. The smallest absolute Gasteiger partial charge is 0.0486 e. The molecule has 0 radical (unpaired) electrons. The average Bonchev–Trinajstić information content (AvgIpc) is 2.66.